The number of hydrogen-bond acceptors (Lipinski definition) is 2. The number of nitrogens with two attached hydrogens (primary N) is 2. The lowest BCUT2D eigenvalue weighted by Crippen LogP contribution is -2.95. The van der Waals surface area contributed by atoms with Gasteiger partial charge in [-0.2, -0.15) is 0 Å². The van der Waals surface area contributed by atoms with Gasteiger partial charge in [-0.15, -0.1) is 11.3 Å². The Morgan fingerprint density at radius 3 is 2.86 bits per heavy atom. The first kappa shape index (κ1) is 11.7. The summed E-state index contributed by atoms with van der Waals surface area (Å²) in [5, 5.41) is 15.6. The van der Waals surface area contributed by atoms with Crippen LogP contribution in [-0.4, -0.2) is 30.8 Å². The van der Waals surface area contributed by atoms with Crippen molar-refractivity contribution >= 4 is 11.3 Å². The van der Waals surface area contributed by atoms with Gasteiger partial charge in [0.05, 0.1) is 11.0 Å². The van der Waals surface area contributed by atoms with Crippen LogP contribution < -0.4 is 10.6 Å². The zero-order valence-electron chi connectivity index (χ0n) is 8.65. The fraction of sp³-hybridized carbons (Fsp3) is 0.600. The number of aliphatic hydroxyl groups excluding tert-OH is 1. The molecule has 0 saturated heterocycles. The summed E-state index contributed by atoms with van der Waals surface area (Å²) in [6, 6.07) is 4.26. The van der Waals surface area contributed by atoms with E-state index in [-0.39, 0.29) is 6.10 Å². The van der Waals surface area contributed by atoms with E-state index in [1.807, 2.05) is 18.3 Å². The van der Waals surface area contributed by atoms with Gasteiger partial charge in [0, 0.05) is 0 Å². The molecule has 1 aromatic heterocycles. The number of thiophene rings is 1. The molecule has 0 radical (unpaired) electrons. The maximum Gasteiger partial charge on any atom is 0.126 e. The van der Waals surface area contributed by atoms with Crippen molar-refractivity contribution in [1.29, 1.82) is 0 Å². The fourth-order valence-corrected chi connectivity index (χ4v) is 1.97. The molecule has 5 N–H and O–H groups in total. The van der Waals surface area contributed by atoms with Crippen LogP contribution in [0.15, 0.2) is 17.5 Å². The lowest BCUT2D eigenvalue weighted by molar-refractivity contribution is -0.732. The van der Waals surface area contributed by atoms with Crippen molar-refractivity contribution in [2.45, 2.75) is 19.6 Å². The number of hydrogen-bond donors (Lipinski definition) is 3. The molecular weight excluding hydrogens is 196 g/mol. The average molecular weight is 216 g/mol. The molecule has 3 nitrogen and oxygen atoms in total. The molecule has 0 unspecified atom stereocenters. The average Bonchev–Trinajstić information content (AvgIpc) is 2.63. The Balaban J connectivity index is 1.90. The maximum atomic E-state index is 9.02. The van der Waals surface area contributed by atoms with Gasteiger partial charge in [0.15, 0.2) is 0 Å². The molecular formula is C10H20N2OS+2. The summed E-state index contributed by atoms with van der Waals surface area (Å²) in [5.41, 5.74) is 0. The van der Waals surface area contributed by atoms with Gasteiger partial charge in [-0.1, -0.05) is 6.07 Å². The van der Waals surface area contributed by atoms with Gasteiger partial charge >= 0.3 is 0 Å². The Morgan fingerprint density at radius 2 is 2.21 bits per heavy atom. The molecule has 0 aliphatic carbocycles. The molecule has 0 amide bonds. The van der Waals surface area contributed by atoms with E-state index in [0.717, 1.165) is 26.2 Å². The van der Waals surface area contributed by atoms with E-state index in [4.69, 9.17) is 5.11 Å². The molecule has 1 rings (SSSR count). The standard InChI is InChI=1S/C10H18N2OS/c1-9(13)7-11-4-5-12-8-10-3-2-6-14-10/h2-3,6,9,11-13H,4-5,7-8H2,1H3/p+2/t9-/m1/s1. The second-order valence-electron chi connectivity index (χ2n) is 3.52. The molecule has 0 spiro atoms. The lowest BCUT2D eigenvalue weighted by Gasteiger charge is -2.02. The van der Waals surface area contributed by atoms with E-state index in [0.29, 0.717) is 0 Å². The zero-order valence-corrected chi connectivity index (χ0v) is 9.46. The van der Waals surface area contributed by atoms with Crippen LogP contribution in [0.5, 0.6) is 0 Å². The van der Waals surface area contributed by atoms with Gasteiger partial charge in [0.2, 0.25) is 0 Å². The van der Waals surface area contributed by atoms with Crippen molar-refractivity contribution in [2.75, 3.05) is 19.6 Å². The minimum Gasteiger partial charge on any atom is -0.388 e. The van der Waals surface area contributed by atoms with Crippen molar-refractivity contribution in [1.82, 2.24) is 0 Å². The maximum absolute atomic E-state index is 9.02. The molecule has 1 heterocycles. The van der Waals surface area contributed by atoms with Crippen LogP contribution in [0.25, 0.3) is 0 Å². The van der Waals surface area contributed by atoms with Crippen molar-refractivity contribution in [3.63, 3.8) is 0 Å². The van der Waals surface area contributed by atoms with E-state index in [2.05, 4.69) is 28.1 Å². The van der Waals surface area contributed by atoms with Crippen LogP contribution in [0.4, 0.5) is 0 Å². The Hall–Kier alpha value is -0.420. The van der Waals surface area contributed by atoms with Crippen LogP contribution in [0.3, 0.4) is 0 Å². The zero-order chi connectivity index (χ0) is 10.2. The Kier molecular flexibility index (Phi) is 5.78. The van der Waals surface area contributed by atoms with Crippen molar-refractivity contribution in [3.05, 3.63) is 22.4 Å². The highest BCUT2D eigenvalue weighted by atomic mass is 32.1. The van der Waals surface area contributed by atoms with Crippen LogP contribution in [0, 0.1) is 0 Å². The summed E-state index contributed by atoms with van der Waals surface area (Å²) in [6.45, 7) is 5.92. The number of quaternary nitrogens is 2. The normalized spacial score (nSPS) is 13.0. The monoisotopic (exact) mass is 216 g/mol. The molecule has 0 fully saturated rings. The Labute approximate surface area is 89.2 Å². The molecule has 1 atom stereocenters. The predicted molar refractivity (Wildman–Crippen MR) is 58.2 cm³/mol. The van der Waals surface area contributed by atoms with Gasteiger partial charge in [-0.05, 0) is 18.4 Å². The highest BCUT2D eigenvalue weighted by Gasteiger charge is 1.99. The SMILES string of the molecule is C[C@@H](O)C[NH2+]CC[NH2+]Cc1cccs1. The van der Waals surface area contributed by atoms with Crippen LogP contribution in [0.1, 0.15) is 11.8 Å². The van der Waals surface area contributed by atoms with Crippen LogP contribution in [-0.2, 0) is 6.54 Å². The highest BCUT2D eigenvalue weighted by molar-refractivity contribution is 7.09. The van der Waals surface area contributed by atoms with Gasteiger partial charge in [-0.3, -0.25) is 0 Å². The van der Waals surface area contributed by atoms with Gasteiger partial charge in [0.1, 0.15) is 26.2 Å². The first-order valence-electron chi connectivity index (χ1n) is 5.13. The molecule has 14 heavy (non-hydrogen) atoms. The summed E-state index contributed by atoms with van der Waals surface area (Å²) in [6.07, 6.45) is -0.188. The second-order valence-corrected chi connectivity index (χ2v) is 4.56. The summed E-state index contributed by atoms with van der Waals surface area (Å²) in [5.74, 6) is 0. The van der Waals surface area contributed by atoms with E-state index >= 15 is 0 Å². The quantitative estimate of drug-likeness (QED) is 0.491. The van der Waals surface area contributed by atoms with E-state index in [1.165, 1.54) is 4.88 Å². The Bertz CT molecular complexity index is 224. The molecule has 1 aromatic rings. The summed E-state index contributed by atoms with van der Waals surface area (Å²) in [4.78, 5) is 1.43. The smallest absolute Gasteiger partial charge is 0.126 e. The molecule has 0 aromatic carbocycles. The van der Waals surface area contributed by atoms with Crippen molar-refractivity contribution < 1.29 is 15.7 Å². The highest BCUT2D eigenvalue weighted by Crippen LogP contribution is 2.05. The fourth-order valence-electron chi connectivity index (χ4n) is 1.27. The first-order chi connectivity index (χ1) is 6.79. The summed E-state index contributed by atoms with van der Waals surface area (Å²) < 4.78 is 0. The predicted octanol–water partition coefficient (Wildman–Crippen LogP) is -1.24. The van der Waals surface area contributed by atoms with Gasteiger partial charge < -0.3 is 15.7 Å². The summed E-state index contributed by atoms with van der Waals surface area (Å²) in [7, 11) is 0. The Morgan fingerprint density at radius 1 is 1.43 bits per heavy atom. The minimum atomic E-state index is -0.188. The van der Waals surface area contributed by atoms with Gasteiger partial charge in [-0.25, -0.2) is 0 Å². The molecule has 0 aliphatic heterocycles. The molecule has 4 heteroatoms. The van der Waals surface area contributed by atoms with E-state index in [1.54, 1.807) is 0 Å². The third kappa shape index (κ3) is 5.34. The largest absolute Gasteiger partial charge is 0.388 e. The van der Waals surface area contributed by atoms with Crippen molar-refractivity contribution in [3.8, 4) is 0 Å². The van der Waals surface area contributed by atoms with E-state index < -0.39 is 0 Å². The first-order valence-corrected chi connectivity index (χ1v) is 6.01. The van der Waals surface area contributed by atoms with E-state index in [9.17, 15) is 0 Å². The third-order valence-corrected chi connectivity index (χ3v) is 2.91. The molecule has 80 valence electrons. The van der Waals surface area contributed by atoms with Crippen molar-refractivity contribution in [2.24, 2.45) is 0 Å². The minimum absolute atomic E-state index is 0.188. The van der Waals surface area contributed by atoms with Gasteiger partial charge in [0.25, 0.3) is 0 Å². The number of rotatable bonds is 7. The third-order valence-electron chi connectivity index (χ3n) is 2.01. The molecule has 0 aliphatic rings. The summed E-state index contributed by atoms with van der Waals surface area (Å²) >= 11 is 1.81. The second kappa shape index (κ2) is 6.95. The molecule has 0 bridgehead atoms. The lowest BCUT2D eigenvalue weighted by atomic mass is 10.4. The topological polar surface area (TPSA) is 53.5 Å². The number of aliphatic hydroxyl groups is 1. The van der Waals surface area contributed by atoms with Crippen LogP contribution in [0.2, 0.25) is 0 Å². The molecule has 0 saturated carbocycles. The van der Waals surface area contributed by atoms with Crippen LogP contribution >= 0.6 is 11.3 Å².